The van der Waals surface area contributed by atoms with Crippen molar-refractivity contribution in [3.05, 3.63) is 102 Å². The predicted molar refractivity (Wildman–Crippen MR) is 150 cm³/mol. The summed E-state index contributed by atoms with van der Waals surface area (Å²) < 4.78 is 16.8. The van der Waals surface area contributed by atoms with E-state index in [4.69, 9.17) is 31.0 Å². The zero-order valence-electron chi connectivity index (χ0n) is 20.9. The maximum absolute atomic E-state index is 6.93. The van der Waals surface area contributed by atoms with Crippen LogP contribution in [0.15, 0.2) is 91.0 Å². The Morgan fingerprint density at radius 2 is 1.03 bits per heavy atom. The molecule has 0 unspecified atom stereocenters. The van der Waals surface area contributed by atoms with E-state index in [9.17, 15) is 0 Å². The smallest absolute Gasteiger partial charge is 0.383 e. The van der Waals surface area contributed by atoms with Crippen LogP contribution in [0.4, 0.5) is 0 Å². The standard InChI is InChI=1S/C16H18ClNOSi.C11H16ClNOSi/c1-13-16(14-9-5-3-6-10-14)19-20(17,18(13)2)15-11-7-4-8-12-15;1-9-11(10-7-5-4-6-8-10)14-15(3,12)13(9)2/h3-13,16H,1-2H3;4-9,11H,1-3H3/t13-,16+,20-;9-,11+,15+/m00/s1. The summed E-state index contributed by atoms with van der Waals surface area (Å²) in [6.07, 6.45) is 0.149. The molecule has 4 nitrogen and oxygen atoms in total. The van der Waals surface area contributed by atoms with Gasteiger partial charge in [-0.05, 0) is 50.8 Å². The van der Waals surface area contributed by atoms with Gasteiger partial charge < -0.3 is 8.85 Å². The first kappa shape index (κ1) is 26.6. The van der Waals surface area contributed by atoms with E-state index in [1.54, 1.807) is 0 Å². The number of hydrogen-bond donors (Lipinski definition) is 0. The summed E-state index contributed by atoms with van der Waals surface area (Å²) in [6, 6.07) is 31.4. The molecule has 2 fully saturated rings. The molecule has 2 aliphatic rings. The van der Waals surface area contributed by atoms with Crippen LogP contribution < -0.4 is 5.19 Å². The van der Waals surface area contributed by atoms with E-state index in [0.717, 1.165) is 5.19 Å². The van der Waals surface area contributed by atoms with E-state index in [0.29, 0.717) is 6.04 Å². The molecule has 8 heteroatoms. The largest absolute Gasteiger partial charge is 0.408 e. The van der Waals surface area contributed by atoms with Gasteiger partial charge in [0, 0.05) is 12.1 Å². The highest BCUT2D eigenvalue weighted by Crippen LogP contribution is 2.40. The molecule has 3 aromatic carbocycles. The number of benzene rings is 3. The Kier molecular flexibility index (Phi) is 8.25. The van der Waals surface area contributed by atoms with Gasteiger partial charge in [0.1, 0.15) is 0 Å². The van der Waals surface area contributed by atoms with Gasteiger partial charge in [-0.25, -0.2) is 0 Å². The fourth-order valence-electron chi connectivity index (χ4n) is 4.69. The Labute approximate surface area is 221 Å². The van der Waals surface area contributed by atoms with Crippen LogP contribution in [0, 0.1) is 0 Å². The molecule has 0 N–H and O–H groups in total. The minimum atomic E-state index is -2.57. The van der Waals surface area contributed by atoms with Crippen molar-refractivity contribution < 1.29 is 8.85 Å². The van der Waals surface area contributed by atoms with Gasteiger partial charge in [0.2, 0.25) is 0 Å². The van der Waals surface area contributed by atoms with Gasteiger partial charge in [-0.1, -0.05) is 91.0 Å². The van der Waals surface area contributed by atoms with Crippen LogP contribution in [0.2, 0.25) is 6.55 Å². The molecule has 35 heavy (non-hydrogen) atoms. The highest BCUT2D eigenvalue weighted by Gasteiger charge is 2.53. The van der Waals surface area contributed by atoms with Crippen LogP contribution in [0.5, 0.6) is 0 Å². The summed E-state index contributed by atoms with van der Waals surface area (Å²) in [7, 11) is -0.598. The van der Waals surface area contributed by atoms with Crippen LogP contribution in [-0.4, -0.2) is 50.9 Å². The van der Waals surface area contributed by atoms with Crippen molar-refractivity contribution in [3.8, 4) is 0 Å². The molecule has 2 aliphatic heterocycles. The minimum absolute atomic E-state index is 0.0329. The summed E-state index contributed by atoms with van der Waals surface area (Å²) in [5.74, 6) is 0. The fourth-order valence-corrected chi connectivity index (χ4v) is 11.0. The average molecular weight is 546 g/mol. The molecule has 186 valence electrons. The monoisotopic (exact) mass is 544 g/mol. The highest BCUT2D eigenvalue weighted by molar-refractivity contribution is 7.22. The molecule has 6 atom stereocenters. The SMILES string of the molecule is C[C@H]1[C@H](c2ccccc2)O[Si@](C)(Cl)N1C.C[C@H]1[C@H](c2ccccc2)O[Si@](Cl)(c2ccccc2)N1C. The molecule has 0 bridgehead atoms. The fraction of sp³-hybridized carbons (Fsp3) is 0.333. The van der Waals surface area contributed by atoms with Crippen LogP contribution in [0.1, 0.15) is 37.2 Å². The second-order valence-electron chi connectivity index (χ2n) is 9.40. The van der Waals surface area contributed by atoms with Crippen molar-refractivity contribution in [2.24, 2.45) is 0 Å². The molecule has 0 radical (unpaired) electrons. The summed E-state index contributed by atoms with van der Waals surface area (Å²) in [5.41, 5.74) is 2.41. The van der Waals surface area contributed by atoms with Crippen molar-refractivity contribution in [2.45, 2.75) is 44.7 Å². The van der Waals surface area contributed by atoms with E-state index in [-0.39, 0.29) is 18.2 Å². The first-order chi connectivity index (χ1) is 16.6. The van der Waals surface area contributed by atoms with Gasteiger partial charge in [-0.2, -0.15) is 0 Å². The normalized spacial score (nSPS) is 33.3. The molecule has 0 aromatic heterocycles. The van der Waals surface area contributed by atoms with Gasteiger partial charge in [0.05, 0.1) is 12.2 Å². The van der Waals surface area contributed by atoms with Crippen molar-refractivity contribution >= 4 is 42.9 Å². The molecular weight excluding hydrogens is 511 g/mol. The number of halogens is 2. The van der Waals surface area contributed by atoms with Gasteiger partial charge in [0.15, 0.2) is 0 Å². The summed E-state index contributed by atoms with van der Waals surface area (Å²) in [4.78, 5) is 0. The number of rotatable bonds is 3. The molecule has 0 amide bonds. The van der Waals surface area contributed by atoms with Crippen molar-refractivity contribution in [3.63, 3.8) is 0 Å². The number of likely N-dealkylation sites (N-methyl/N-ethyl adjacent to an activating group) is 2. The zero-order valence-corrected chi connectivity index (χ0v) is 24.4. The van der Waals surface area contributed by atoms with E-state index >= 15 is 0 Å². The average Bonchev–Trinajstić information content (AvgIpc) is 3.25. The molecule has 5 rings (SSSR count). The minimum Gasteiger partial charge on any atom is -0.383 e. The van der Waals surface area contributed by atoms with Crippen molar-refractivity contribution in [1.82, 2.24) is 9.13 Å². The Morgan fingerprint density at radius 3 is 1.46 bits per heavy atom. The zero-order chi connectivity index (χ0) is 25.2. The highest BCUT2D eigenvalue weighted by atomic mass is 35.6. The Balaban J connectivity index is 0.000000172. The number of nitrogens with zero attached hydrogens (tertiary/aromatic N) is 2. The number of hydrogen-bond acceptors (Lipinski definition) is 4. The second kappa shape index (κ2) is 10.9. The molecule has 2 heterocycles. The lowest BCUT2D eigenvalue weighted by Gasteiger charge is -2.26. The molecule has 2 saturated heterocycles. The van der Waals surface area contributed by atoms with Crippen LogP contribution >= 0.6 is 22.2 Å². The summed E-state index contributed by atoms with van der Waals surface area (Å²) >= 11 is 13.3. The van der Waals surface area contributed by atoms with Gasteiger partial charge in [-0.3, -0.25) is 9.13 Å². The first-order valence-electron chi connectivity index (χ1n) is 12.0. The Bertz CT molecular complexity index is 1090. The van der Waals surface area contributed by atoms with E-state index < -0.39 is 15.6 Å². The lowest BCUT2D eigenvalue weighted by molar-refractivity contribution is 0.208. The quantitative estimate of drug-likeness (QED) is 0.296. The van der Waals surface area contributed by atoms with Gasteiger partial charge >= 0.3 is 15.6 Å². The summed E-state index contributed by atoms with van der Waals surface area (Å²) in [6.45, 7) is 6.37. The summed E-state index contributed by atoms with van der Waals surface area (Å²) in [5, 5.41) is 1.11. The predicted octanol–water partition coefficient (Wildman–Crippen LogP) is 6.05. The topological polar surface area (TPSA) is 24.9 Å². The maximum Gasteiger partial charge on any atom is 0.408 e. The maximum atomic E-state index is 6.93. The van der Waals surface area contributed by atoms with E-state index in [1.807, 2.05) is 68.2 Å². The van der Waals surface area contributed by atoms with Crippen molar-refractivity contribution in [2.75, 3.05) is 14.1 Å². The first-order valence-corrected chi connectivity index (χ1v) is 18.2. The molecule has 0 saturated carbocycles. The molecule has 0 aliphatic carbocycles. The molecule has 0 spiro atoms. The third kappa shape index (κ3) is 5.45. The Morgan fingerprint density at radius 1 is 0.629 bits per heavy atom. The second-order valence-corrected chi connectivity index (χ2v) is 18.4. The van der Waals surface area contributed by atoms with Gasteiger partial charge in [0.25, 0.3) is 0 Å². The molecular formula is C27H34Cl2N2O2Si2. The van der Waals surface area contributed by atoms with Gasteiger partial charge in [-0.15, -0.1) is 22.2 Å². The van der Waals surface area contributed by atoms with E-state index in [1.165, 1.54) is 11.1 Å². The van der Waals surface area contributed by atoms with Crippen molar-refractivity contribution in [1.29, 1.82) is 0 Å². The van der Waals surface area contributed by atoms with E-state index in [2.05, 4.69) is 66.4 Å². The van der Waals surface area contributed by atoms with Crippen LogP contribution in [0.3, 0.4) is 0 Å². The lowest BCUT2D eigenvalue weighted by atomic mass is 10.0. The van der Waals surface area contributed by atoms with Crippen LogP contribution in [-0.2, 0) is 8.85 Å². The Hall–Kier alpha value is -1.49. The third-order valence-electron chi connectivity index (χ3n) is 7.19. The lowest BCUT2D eigenvalue weighted by Crippen LogP contribution is -2.55. The van der Waals surface area contributed by atoms with Crippen LogP contribution in [0.25, 0.3) is 0 Å². The third-order valence-corrected chi connectivity index (χ3v) is 15.3. The molecule has 3 aromatic rings.